The van der Waals surface area contributed by atoms with E-state index in [9.17, 15) is 18.0 Å². The molecule has 10 heteroatoms. The lowest BCUT2D eigenvalue weighted by molar-refractivity contribution is -0.141. The summed E-state index contributed by atoms with van der Waals surface area (Å²) in [7, 11) is 0. The van der Waals surface area contributed by atoms with Crippen molar-refractivity contribution >= 4 is 17.6 Å². The van der Waals surface area contributed by atoms with Crippen LogP contribution < -0.4 is 9.80 Å². The zero-order valence-corrected chi connectivity index (χ0v) is 16.8. The second-order valence-electron chi connectivity index (χ2n) is 7.50. The molecule has 1 aromatic carbocycles. The number of fused-ring (bicyclic) bond motifs is 1. The number of ether oxygens (including phenoxy) is 1. The van der Waals surface area contributed by atoms with E-state index in [-0.39, 0.29) is 23.4 Å². The van der Waals surface area contributed by atoms with Crippen molar-refractivity contribution < 1.29 is 22.7 Å². The molecule has 32 heavy (non-hydrogen) atoms. The summed E-state index contributed by atoms with van der Waals surface area (Å²) in [6, 6.07) is 11.5. The van der Waals surface area contributed by atoms with E-state index in [0.717, 1.165) is 22.9 Å². The van der Waals surface area contributed by atoms with Crippen LogP contribution in [0.3, 0.4) is 0 Å². The van der Waals surface area contributed by atoms with Crippen LogP contribution in [-0.2, 0) is 23.9 Å². The van der Waals surface area contributed by atoms with Gasteiger partial charge in [0.05, 0.1) is 12.2 Å². The van der Waals surface area contributed by atoms with Crippen molar-refractivity contribution in [3.63, 3.8) is 0 Å². The highest BCUT2D eigenvalue weighted by Crippen LogP contribution is 2.35. The first-order valence-corrected chi connectivity index (χ1v) is 10.1. The number of nitrogens with zero attached hydrogens (tertiary/aromatic N) is 5. The van der Waals surface area contributed by atoms with Crippen LogP contribution in [0.25, 0.3) is 11.5 Å². The molecule has 5 rings (SSSR count). The molecule has 0 spiro atoms. The van der Waals surface area contributed by atoms with Crippen LogP contribution in [0.15, 0.2) is 48.7 Å². The summed E-state index contributed by atoms with van der Waals surface area (Å²) in [5.41, 5.74) is 1.98. The average Bonchev–Trinajstić information content (AvgIpc) is 3.23. The van der Waals surface area contributed by atoms with E-state index in [4.69, 9.17) is 4.74 Å². The van der Waals surface area contributed by atoms with E-state index >= 15 is 0 Å². The lowest BCUT2D eigenvalue weighted by Crippen LogP contribution is -2.34. The minimum atomic E-state index is -4.61. The Morgan fingerprint density at radius 1 is 1.03 bits per heavy atom. The Hall–Kier alpha value is -3.69. The topological polar surface area (TPSA) is 71.5 Å². The number of carbonyl (C=O) groups excluding carboxylic acids is 1. The first-order valence-electron chi connectivity index (χ1n) is 10.1. The summed E-state index contributed by atoms with van der Waals surface area (Å²) in [6.45, 7) is 1.63. The lowest BCUT2D eigenvalue weighted by atomic mass is 9.97. The quantitative estimate of drug-likeness (QED) is 0.610. The number of anilines is 2. The van der Waals surface area contributed by atoms with Gasteiger partial charge in [-0.1, -0.05) is 18.2 Å². The van der Waals surface area contributed by atoms with Gasteiger partial charge in [0, 0.05) is 25.4 Å². The third kappa shape index (κ3) is 3.72. The van der Waals surface area contributed by atoms with E-state index in [1.807, 2.05) is 18.2 Å². The van der Waals surface area contributed by atoms with Gasteiger partial charge >= 0.3 is 12.3 Å². The van der Waals surface area contributed by atoms with Crippen molar-refractivity contribution in [3.8, 4) is 11.5 Å². The van der Waals surface area contributed by atoms with Gasteiger partial charge in [-0.2, -0.15) is 13.2 Å². The van der Waals surface area contributed by atoms with Gasteiger partial charge < -0.3 is 9.64 Å². The van der Waals surface area contributed by atoms with Gasteiger partial charge in [0.2, 0.25) is 0 Å². The molecule has 0 bridgehead atoms. The van der Waals surface area contributed by atoms with Crippen LogP contribution in [0.4, 0.5) is 29.5 Å². The van der Waals surface area contributed by atoms with Crippen LogP contribution in [0, 0.1) is 0 Å². The highest BCUT2D eigenvalue weighted by atomic mass is 19.4. The average molecular weight is 441 g/mol. The number of carbonyl (C=O) groups is 1. The molecule has 1 fully saturated rings. The highest BCUT2D eigenvalue weighted by molar-refractivity contribution is 5.90. The van der Waals surface area contributed by atoms with E-state index in [2.05, 4.69) is 15.0 Å². The minimum Gasteiger partial charge on any atom is -0.447 e. The standard InChI is InChI=1S/C22H18F3N5O2/c23-22(24,25)18-12-19(28-20(27-18)16-5-1-2-8-26-16)29-9-7-15-14(13-29)4-3-6-17(15)30-10-11-32-21(30)31/h1-6,8,12H,7,9-11,13H2. The predicted octanol–water partition coefficient (Wildman–Crippen LogP) is 4.08. The molecule has 2 aliphatic rings. The molecule has 0 radical (unpaired) electrons. The molecule has 164 valence electrons. The third-order valence-corrected chi connectivity index (χ3v) is 5.51. The molecule has 3 aromatic rings. The Balaban J connectivity index is 1.51. The van der Waals surface area contributed by atoms with Crippen molar-refractivity contribution in [3.05, 3.63) is 65.5 Å². The molecule has 2 aromatic heterocycles. The van der Waals surface area contributed by atoms with E-state index in [0.29, 0.717) is 32.7 Å². The summed E-state index contributed by atoms with van der Waals surface area (Å²) in [5.74, 6) is 0.111. The van der Waals surface area contributed by atoms with Gasteiger partial charge in [0.1, 0.15) is 18.1 Å². The molecule has 2 aliphatic heterocycles. The molecule has 1 amide bonds. The first-order chi connectivity index (χ1) is 15.4. The number of alkyl halides is 3. The summed E-state index contributed by atoms with van der Waals surface area (Å²) in [5, 5.41) is 0. The van der Waals surface area contributed by atoms with Gasteiger partial charge in [-0.15, -0.1) is 0 Å². The number of aromatic nitrogens is 3. The Kier molecular flexibility index (Phi) is 4.91. The lowest BCUT2D eigenvalue weighted by Gasteiger charge is -2.32. The van der Waals surface area contributed by atoms with E-state index < -0.39 is 11.9 Å². The number of hydrogen-bond acceptors (Lipinski definition) is 6. The second kappa shape index (κ2) is 7.77. The van der Waals surface area contributed by atoms with Crippen molar-refractivity contribution in [1.82, 2.24) is 15.0 Å². The first kappa shape index (κ1) is 20.2. The fourth-order valence-corrected chi connectivity index (χ4v) is 4.00. The predicted molar refractivity (Wildman–Crippen MR) is 110 cm³/mol. The normalized spacial score (nSPS) is 16.2. The zero-order valence-electron chi connectivity index (χ0n) is 16.8. The number of pyridine rings is 1. The molecule has 4 heterocycles. The van der Waals surface area contributed by atoms with Crippen LogP contribution >= 0.6 is 0 Å². The number of halogens is 3. The SMILES string of the molecule is O=C1OCCN1c1cccc2c1CCN(c1cc(C(F)(F)F)nc(-c3ccccn3)n1)C2. The van der Waals surface area contributed by atoms with Crippen molar-refractivity contribution in [2.45, 2.75) is 19.1 Å². The van der Waals surface area contributed by atoms with Crippen molar-refractivity contribution in [1.29, 1.82) is 0 Å². The van der Waals surface area contributed by atoms with Crippen molar-refractivity contribution in [2.24, 2.45) is 0 Å². The van der Waals surface area contributed by atoms with Gasteiger partial charge in [0.15, 0.2) is 11.5 Å². The Morgan fingerprint density at radius 2 is 1.91 bits per heavy atom. The molecule has 1 saturated heterocycles. The van der Waals surface area contributed by atoms with E-state index in [1.54, 1.807) is 28.0 Å². The van der Waals surface area contributed by atoms with Gasteiger partial charge in [-0.25, -0.2) is 14.8 Å². The molecular weight excluding hydrogens is 423 g/mol. The number of rotatable bonds is 3. The smallest absolute Gasteiger partial charge is 0.433 e. The number of hydrogen-bond donors (Lipinski definition) is 0. The van der Waals surface area contributed by atoms with Crippen LogP contribution in [0.1, 0.15) is 16.8 Å². The van der Waals surface area contributed by atoms with Crippen LogP contribution in [0.5, 0.6) is 0 Å². The zero-order chi connectivity index (χ0) is 22.3. The molecule has 7 nitrogen and oxygen atoms in total. The summed E-state index contributed by atoms with van der Waals surface area (Å²) in [6.07, 6.45) is -2.95. The summed E-state index contributed by atoms with van der Waals surface area (Å²) < 4.78 is 45.7. The Labute approximate surface area is 181 Å². The van der Waals surface area contributed by atoms with Crippen molar-refractivity contribution in [2.75, 3.05) is 29.5 Å². The van der Waals surface area contributed by atoms with Crippen LogP contribution in [0.2, 0.25) is 0 Å². The second-order valence-corrected chi connectivity index (χ2v) is 7.50. The van der Waals surface area contributed by atoms with Gasteiger partial charge in [-0.05, 0) is 35.7 Å². The minimum absolute atomic E-state index is 0.0743. The summed E-state index contributed by atoms with van der Waals surface area (Å²) >= 11 is 0. The molecule has 0 saturated carbocycles. The monoisotopic (exact) mass is 441 g/mol. The number of cyclic esters (lactones) is 1. The molecule has 0 atom stereocenters. The highest BCUT2D eigenvalue weighted by Gasteiger charge is 2.35. The fourth-order valence-electron chi connectivity index (χ4n) is 4.00. The van der Waals surface area contributed by atoms with E-state index in [1.165, 1.54) is 6.20 Å². The van der Waals surface area contributed by atoms with Crippen LogP contribution in [-0.4, -0.2) is 40.7 Å². The maximum absolute atomic E-state index is 13.6. The summed E-state index contributed by atoms with van der Waals surface area (Å²) in [4.78, 5) is 27.6. The Morgan fingerprint density at radius 3 is 2.62 bits per heavy atom. The van der Waals surface area contributed by atoms with Gasteiger partial charge in [-0.3, -0.25) is 9.88 Å². The maximum Gasteiger partial charge on any atom is 0.433 e. The maximum atomic E-state index is 13.6. The molecule has 0 unspecified atom stereocenters. The van der Waals surface area contributed by atoms with Gasteiger partial charge in [0.25, 0.3) is 0 Å². The fraction of sp³-hybridized carbons (Fsp3) is 0.273. The largest absolute Gasteiger partial charge is 0.447 e. The number of benzene rings is 1. The molecule has 0 N–H and O–H groups in total. The Bertz CT molecular complexity index is 1170. The number of amides is 1. The third-order valence-electron chi connectivity index (χ3n) is 5.51. The molecule has 0 aliphatic carbocycles. The molecular formula is C22H18F3N5O2.